The van der Waals surface area contributed by atoms with Crippen LogP contribution in [0, 0.1) is 0 Å². The van der Waals surface area contributed by atoms with E-state index < -0.39 is 0 Å². The second-order valence-corrected chi connectivity index (χ2v) is 6.87. The van der Waals surface area contributed by atoms with Gasteiger partial charge in [0.15, 0.2) is 11.5 Å². The number of hydrazone groups is 1. The number of rotatable bonds is 8. The van der Waals surface area contributed by atoms with E-state index in [9.17, 15) is 0 Å². The summed E-state index contributed by atoms with van der Waals surface area (Å²) in [6.07, 6.45) is 1.69. The molecule has 4 nitrogen and oxygen atoms in total. The summed E-state index contributed by atoms with van der Waals surface area (Å²) in [5.41, 5.74) is 5.94. The Labute approximate surface area is 174 Å². The maximum Gasteiger partial charge on any atom is 0.180 e. The van der Waals surface area contributed by atoms with E-state index in [1.165, 1.54) is 0 Å². The Hall–Kier alpha value is -2.69. The van der Waals surface area contributed by atoms with Crippen molar-refractivity contribution in [2.75, 3.05) is 7.11 Å². The first kappa shape index (κ1) is 20.1. The van der Waals surface area contributed by atoms with E-state index in [1.807, 2.05) is 60.7 Å². The minimum Gasteiger partial charge on any atom is -0.493 e. The van der Waals surface area contributed by atoms with Crippen molar-refractivity contribution in [3.8, 4) is 11.5 Å². The van der Waals surface area contributed by atoms with Gasteiger partial charge in [-0.05, 0) is 41.0 Å². The van der Waals surface area contributed by atoms with Gasteiger partial charge in [0.2, 0.25) is 0 Å². The summed E-state index contributed by atoms with van der Waals surface area (Å²) in [5, 5.41) is 5.41. The van der Waals surface area contributed by atoms with Crippen molar-refractivity contribution >= 4 is 29.4 Å². The van der Waals surface area contributed by atoms with Crippen molar-refractivity contribution in [3.05, 3.63) is 93.5 Å². The molecule has 0 aliphatic carbocycles. The Bertz CT molecular complexity index is 929. The van der Waals surface area contributed by atoms with Crippen LogP contribution in [0.5, 0.6) is 11.5 Å². The molecule has 0 saturated heterocycles. The maximum absolute atomic E-state index is 6.40. The van der Waals surface area contributed by atoms with Gasteiger partial charge in [-0.3, -0.25) is 0 Å². The van der Waals surface area contributed by atoms with E-state index in [1.54, 1.807) is 19.4 Å². The van der Waals surface area contributed by atoms with E-state index in [-0.39, 0.29) is 0 Å². The van der Waals surface area contributed by atoms with E-state index >= 15 is 0 Å². The fourth-order valence-electron chi connectivity index (χ4n) is 2.54. The van der Waals surface area contributed by atoms with Crippen LogP contribution in [0.3, 0.4) is 0 Å². The average molecular weight is 415 g/mol. The molecule has 0 fully saturated rings. The van der Waals surface area contributed by atoms with Gasteiger partial charge in [0.25, 0.3) is 0 Å². The average Bonchev–Trinajstić information content (AvgIpc) is 2.72. The number of benzene rings is 3. The zero-order valence-corrected chi connectivity index (χ0v) is 16.9. The number of nitrogens with zero attached hydrogens (tertiary/aromatic N) is 1. The molecule has 0 bridgehead atoms. The molecule has 0 heterocycles. The third kappa shape index (κ3) is 5.65. The summed E-state index contributed by atoms with van der Waals surface area (Å²) in [6, 6.07) is 21.1. The van der Waals surface area contributed by atoms with Crippen molar-refractivity contribution < 1.29 is 9.47 Å². The minimum atomic E-state index is 0.410. The van der Waals surface area contributed by atoms with Gasteiger partial charge >= 0.3 is 0 Å². The van der Waals surface area contributed by atoms with Crippen LogP contribution in [0.4, 0.5) is 0 Å². The monoisotopic (exact) mass is 414 g/mol. The first-order chi connectivity index (χ1) is 13.7. The number of ether oxygens (including phenoxy) is 2. The van der Waals surface area contributed by atoms with Crippen molar-refractivity contribution in [3.63, 3.8) is 0 Å². The summed E-state index contributed by atoms with van der Waals surface area (Å²) < 4.78 is 11.3. The number of nitrogens with one attached hydrogen (secondary N) is 1. The van der Waals surface area contributed by atoms with Crippen LogP contribution >= 0.6 is 23.2 Å². The second kappa shape index (κ2) is 10.0. The van der Waals surface area contributed by atoms with E-state index in [2.05, 4.69) is 10.5 Å². The van der Waals surface area contributed by atoms with Crippen molar-refractivity contribution in [2.24, 2.45) is 5.10 Å². The number of methoxy groups -OCH3 is 1. The Kier molecular flexibility index (Phi) is 7.18. The molecular weight excluding hydrogens is 395 g/mol. The topological polar surface area (TPSA) is 42.8 Å². The zero-order chi connectivity index (χ0) is 19.8. The standard InChI is InChI=1S/C22H20Cl2N2O2/c1-27-21-12-18(14-26-25-13-16-7-9-19(23)10-8-16)11-20(24)22(21)28-15-17-5-3-2-4-6-17/h2-12,14,25H,13,15H2,1H3/b26-14-. The van der Waals surface area contributed by atoms with Crippen LogP contribution in [0.15, 0.2) is 71.8 Å². The molecule has 0 atom stereocenters. The zero-order valence-electron chi connectivity index (χ0n) is 15.4. The summed E-state index contributed by atoms with van der Waals surface area (Å²) in [5.74, 6) is 1.07. The molecule has 0 radical (unpaired) electrons. The molecule has 6 heteroatoms. The van der Waals surface area contributed by atoms with Crippen LogP contribution in [0.2, 0.25) is 10.0 Å². The molecule has 3 rings (SSSR count). The van der Waals surface area contributed by atoms with Gasteiger partial charge in [0.05, 0.1) is 24.9 Å². The summed E-state index contributed by atoms with van der Waals surface area (Å²) in [4.78, 5) is 0. The molecule has 3 aromatic rings. The normalized spacial score (nSPS) is 10.8. The molecule has 0 amide bonds. The van der Waals surface area contributed by atoms with Gasteiger partial charge in [-0.1, -0.05) is 65.7 Å². The Balaban J connectivity index is 1.63. The molecule has 0 aliphatic rings. The summed E-state index contributed by atoms with van der Waals surface area (Å²) >= 11 is 12.3. The predicted molar refractivity (Wildman–Crippen MR) is 115 cm³/mol. The largest absolute Gasteiger partial charge is 0.493 e. The van der Waals surface area contributed by atoms with Crippen LogP contribution in [0.25, 0.3) is 0 Å². The highest BCUT2D eigenvalue weighted by atomic mass is 35.5. The highest BCUT2D eigenvalue weighted by Crippen LogP contribution is 2.36. The fourth-order valence-corrected chi connectivity index (χ4v) is 2.94. The molecule has 0 aliphatic heterocycles. The van der Waals surface area contributed by atoms with Crippen molar-refractivity contribution in [1.29, 1.82) is 0 Å². The predicted octanol–water partition coefficient (Wildman–Crippen LogP) is 5.70. The third-order valence-corrected chi connectivity index (χ3v) is 4.51. The highest BCUT2D eigenvalue weighted by molar-refractivity contribution is 6.32. The second-order valence-electron chi connectivity index (χ2n) is 6.03. The van der Waals surface area contributed by atoms with E-state index in [4.69, 9.17) is 32.7 Å². The molecule has 28 heavy (non-hydrogen) atoms. The number of halogens is 2. The number of hydrogen-bond donors (Lipinski definition) is 1. The first-order valence-electron chi connectivity index (χ1n) is 8.70. The Morgan fingerprint density at radius 1 is 0.964 bits per heavy atom. The van der Waals surface area contributed by atoms with Gasteiger partial charge in [-0.25, -0.2) is 0 Å². The van der Waals surface area contributed by atoms with Gasteiger partial charge in [-0.2, -0.15) is 5.10 Å². The summed E-state index contributed by atoms with van der Waals surface area (Å²) in [7, 11) is 1.58. The van der Waals surface area contributed by atoms with Crippen LogP contribution in [-0.4, -0.2) is 13.3 Å². The lowest BCUT2D eigenvalue weighted by Gasteiger charge is -2.13. The van der Waals surface area contributed by atoms with Crippen LogP contribution in [-0.2, 0) is 13.2 Å². The lowest BCUT2D eigenvalue weighted by molar-refractivity contribution is 0.284. The molecule has 144 valence electrons. The fraction of sp³-hybridized carbons (Fsp3) is 0.136. The highest BCUT2D eigenvalue weighted by Gasteiger charge is 2.12. The summed E-state index contributed by atoms with van der Waals surface area (Å²) in [6.45, 7) is 1.00. The number of hydrogen-bond acceptors (Lipinski definition) is 4. The van der Waals surface area contributed by atoms with Crippen molar-refractivity contribution in [2.45, 2.75) is 13.2 Å². The van der Waals surface area contributed by atoms with Gasteiger partial charge in [-0.15, -0.1) is 0 Å². The lowest BCUT2D eigenvalue weighted by atomic mass is 10.2. The van der Waals surface area contributed by atoms with E-state index in [0.29, 0.717) is 34.7 Å². The molecule has 0 spiro atoms. The van der Waals surface area contributed by atoms with Gasteiger partial charge in [0, 0.05) is 5.02 Å². The van der Waals surface area contributed by atoms with Crippen LogP contribution < -0.4 is 14.9 Å². The minimum absolute atomic E-state index is 0.410. The quantitative estimate of drug-likeness (QED) is 0.379. The lowest BCUT2D eigenvalue weighted by Crippen LogP contribution is -2.05. The van der Waals surface area contributed by atoms with E-state index in [0.717, 1.165) is 16.7 Å². The van der Waals surface area contributed by atoms with Crippen molar-refractivity contribution in [1.82, 2.24) is 5.43 Å². The van der Waals surface area contributed by atoms with Gasteiger partial charge < -0.3 is 14.9 Å². The molecular formula is C22H20Cl2N2O2. The van der Waals surface area contributed by atoms with Gasteiger partial charge in [0.1, 0.15) is 6.61 Å². The molecule has 0 aromatic heterocycles. The first-order valence-corrected chi connectivity index (χ1v) is 9.46. The molecule has 0 saturated carbocycles. The molecule has 0 unspecified atom stereocenters. The Morgan fingerprint density at radius 3 is 2.43 bits per heavy atom. The molecule has 3 aromatic carbocycles. The Morgan fingerprint density at radius 2 is 1.71 bits per heavy atom. The third-order valence-electron chi connectivity index (χ3n) is 3.98. The van der Waals surface area contributed by atoms with Crippen LogP contribution in [0.1, 0.15) is 16.7 Å². The maximum atomic E-state index is 6.40. The smallest absolute Gasteiger partial charge is 0.180 e. The SMILES string of the molecule is COc1cc(/C=N\NCc2ccc(Cl)cc2)cc(Cl)c1OCc1ccccc1. The molecule has 1 N–H and O–H groups in total.